The van der Waals surface area contributed by atoms with E-state index in [4.69, 9.17) is 23.2 Å². The van der Waals surface area contributed by atoms with Crippen LogP contribution in [0, 0.1) is 0 Å². The van der Waals surface area contributed by atoms with Gasteiger partial charge in [-0.25, -0.2) is 0 Å². The van der Waals surface area contributed by atoms with Crippen LogP contribution in [-0.2, 0) is 28.3 Å². The minimum Gasteiger partial charge on any atom is -0.352 e. The maximum atomic E-state index is 13.7. The quantitative estimate of drug-likeness (QED) is 0.279. The number of rotatable bonds is 11. The van der Waals surface area contributed by atoms with Crippen molar-refractivity contribution >= 4 is 46.8 Å². The van der Waals surface area contributed by atoms with Gasteiger partial charge in [0.05, 0.1) is 5.75 Å². The monoisotopic (exact) mass is 554 g/mol. The molecule has 0 unspecified atom stereocenters. The standard InChI is InChI=1S/C30H32Cl2N2O2S/c31-25-16-14-23(15-17-25)19-34(29(35)21-37-20-24-10-4-7-13-27(24)32)28(18-22-8-2-1-3-9-22)30(36)33-26-11-5-6-12-26/h1-4,7-10,13-17,26,28H,5-6,11-12,18-21H2,(H,33,36)/t28-/m0/s1. The lowest BCUT2D eigenvalue weighted by molar-refractivity contribution is -0.139. The summed E-state index contributed by atoms with van der Waals surface area (Å²) in [5.74, 6) is 0.710. The largest absolute Gasteiger partial charge is 0.352 e. The van der Waals surface area contributed by atoms with E-state index in [1.165, 1.54) is 11.8 Å². The third kappa shape index (κ3) is 8.26. The molecule has 37 heavy (non-hydrogen) atoms. The molecule has 2 amide bonds. The van der Waals surface area contributed by atoms with Gasteiger partial charge in [0, 0.05) is 34.8 Å². The van der Waals surface area contributed by atoms with E-state index in [2.05, 4.69) is 5.32 Å². The van der Waals surface area contributed by atoms with Gasteiger partial charge in [0.1, 0.15) is 6.04 Å². The SMILES string of the molecule is O=C(NC1CCCC1)[C@H](Cc1ccccc1)N(Cc1ccc(Cl)cc1)C(=O)CSCc1ccccc1Cl. The summed E-state index contributed by atoms with van der Waals surface area (Å²) in [7, 11) is 0. The second-order valence-corrected chi connectivity index (χ2v) is 11.3. The molecule has 194 valence electrons. The van der Waals surface area contributed by atoms with Crippen LogP contribution in [0.5, 0.6) is 0 Å². The molecule has 4 rings (SSSR count). The minimum absolute atomic E-state index is 0.0745. The second kappa shape index (κ2) is 13.9. The first-order valence-electron chi connectivity index (χ1n) is 12.7. The molecule has 0 heterocycles. The number of hydrogen-bond acceptors (Lipinski definition) is 3. The van der Waals surface area contributed by atoms with Crippen LogP contribution >= 0.6 is 35.0 Å². The molecular formula is C30H32Cl2N2O2S. The third-order valence-corrected chi connectivity index (χ3v) is 8.27. The Labute approximate surface area is 233 Å². The molecule has 4 nitrogen and oxygen atoms in total. The van der Waals surface area contributed by atoms with Crippen molar-refractivity contribution in [2.75, 3.05) is 5.75 Å². The van der Waals surface area contributed by atoms with Crippen LogP contribution < -0.4 is 5.32 Å². The van der Waals surface area contributed by atoms with Gasteiger partial charge in [-0.2, -0.15) is 0 Å². The molecule has 3 aromatic carbocycles. The van der Waals surface area contributed by atoms with Crippen LogP contribution in [-0.4, -0.2) is 34.6 Å². The average Bonchev–Trinajstić information content (AvgIpc) is 3.42. The summed E-state index contributed by atoms with van der Waals surface area (Å²) in [6, 6.07) is 24.6. The normalized spacial score (nSPS) is 14.3. The third-order valence-electron chi connectivity index (χ3n) is 6.68. The van der Waals surface area contributed by atoms with Crippen molar-refractivity contribution in [1.82, 2.24) is 10.2 Å². The van der Waals surface area contributed by atoms with Gasteiger partial charge in [0.25, 0.3) is 0 Å². The zero-order valence-electron chi connectivity index (χ0n) is 20.7. The number of nitrogens with zero attached hydrogens (tertiary/aromatic N) is 1. The van der Waals surface area contributed by atoms with E-state index in [1.54, 1.807) is 4.90 Å². The number of benzene rings is 3. The topological polar surface area (TPSA) is 49.4 Å². The van der Waals surface area contributed by atoms with E-state index in [0.29, 0.717) is 28.8 Å². The number of amides is 2. The maximum absolute atomic E-state index is 13.7. The van der Waals surface area contributed by atoms with Gasteiger partial charge in [-0.3, -0.25) is 9.59 Å². The summed E-state index contributed by atoms with van der Waals surface area (Å²) < 4.78 is 0. The Morgan fingerprint density at radius 1 is 0.892 bits per heavy atom. The minimum atomic E-state index is -0.618. The highest BCUT2D eigenvalue weighted by Crippen LogP contribution is 2.24. The molecule has 0 saturated heterocycles. The number of thioether (sulfide) groups is 1. The Morgan fingerprint density at radius 3 is 2.27 bits per heavy atom. The maximum Gasteiger partial charge on any atom is 0.243 e. The number of carbonyl (C=O) groups excluding carboxylic acids is 2. The Hall–Kier alpha value is -2.47. The Kier molecular flexibility index (Phi) is 10.4. The summed E-state index contributed by atoms with van der Waals surface area (Å²) in [5, 5.41) is 4.57. The van der Waals surface area contributed by atoms with Crippen LogP contribution in [0.3, 0.4) is 0 Å². The molecule has 1 N–H and O–H groups in total. The zero-order valence-corrected chi connectivity index (χ0v) is 23.1. The molecule has 1 saturated carbocycles. The van der Waals surface area contributed by atoms with Crippen LogP contribution in [0.15, 0.2) is 78.9 Å². The van der Waals surface area contributed by atoms with Crippen LogP contribution in [0.2, 0.25) is 10.0 Å². The molecule has 1 aliphatic rings. The van der Waals surface area contributed by atoms with Crippen molar-refractivity contribution in [2.24, 2.45) is 0 Å². The molecular weight excluding hydrogens is 523 g/mol. The zero-order chi connectivity index (χ0) is 26.0. The van der Waals surface area contributed by atoms with Gasteiger partial charge in [-0.1, -0.05) is 96.7 Å². The summed E-state index contributed by atoms with van der Waals surface area (Å²) in [6.07, 6.45) is 4.68. The second-order valence-electron chi connectivity index (χ2n) is 9.43. The molecule has 1 fully saturated rings. The van der Waals surface area contributed by atoms with E-state index >= 15 is 0 Å². The smallest absolute Gasteiger partial charge is 0.243 e. The first-order valence-corrected chi connectivity index (χ1v) is 14.6. The lowest BCUT2D eigenvalue weighted by Crippen LogP contribution is -2.52. The Balaban J connectivity index is 1.56. The first kappa shape index (κ1) is 27.6. The Morgan fingerprint density at radius 2 is 1.57 bits per heavy atom. The number of nitrogens with one attached hydrogen (secondary N) is 1. The van der Waals surface area contributed by atoms with Gasteiger partial charge in [-0.05, 0) is 47.7 Å². The molecule has 3 aromatic rings. The van der Waals surface area contributed by atoms with Gasteiger partial charge in [0.2, 0.25) is 11.8 Å². The van der Waals surface area contributed by atoms with Crippen molar-refractivity contribution in [3.63, 3.8) is 0 Å². The van der Waals surface area contributed by atoms with Crippen molar-refractivity contribution in [1.29, 1.82) is 0 Å². The summed E-state index contributed by atoms with van der Waals surface area (Å²) in [5.41, 5.74) is 2.94. The highest BCUT2D eigenvalue weighted by molar-refractivity contribution is 7.99. The van der Waals surface area contributed by atoms with Gasteiger partial charge >= 0.3 is 0 Å². The molecule has 1 aliphatic carbocycles. The molecule has 0 aliphatic heterocycles. The Bertz CT molecular complexity index is 1170. The van der Waals surface area contributed by atoms with E-state index in [0.717, 1.165) is 42.4 Å². The fraction of sp³-hybridized carbons (Fsp3) is 0.333. The number of hydrogen-bond donors (Lipinski definition) is 1. The van der Waals surface area contributed by atoms with Crippen LogP contribution in [0.1, 0.15) is 42.4 Å². The highest BCUT2D eigenvalue weighted by atomic mass is 35.5. The molecule has 7 heteroatoms. The molecule has 0 spiro atoms. The van der Waals surface area contributed by atoms with E-state index in [9.17, 15) is 9.59 Å². The molecule has 0 bridgehead atoms. The average molecular weight is 556 g/mol. The van der Waals surface area contributed by atoms with Crippen molar-refractivity contribution in [3.05, 3.63) is 106 Å². The van der Waals surface area contributed by atoms with E-state index in [1.807, 2.05) is 78.9 Å². The summed E-state index contributed by atoms with van der Waals surface area (Å²) in [6.45, 7) is 0.332. The molecule has 0 aromatic heterocycles. The molecule has 1 atom stereocenters. The number of halogens is 2. The van der Waals surface area contributed by atoms with E-state index < -0.39 is 6.04 Å². The summed E-state index contributed by atoms with van der Waals surface area (Å²) in [4.78, 5) is 29.1. The fourth-order valence-corrected chi connectivity index (χ4v) is 5.98. The number of carbonyl (C=O) groups is 2. The first-order chi connectivity index (χ1) is 18.0. The van der Waals surface area contributed by atoms with Crippen molar-refractivity contribution in [2.45, 2.75) is 56.5 Å². The van der Waals surface area contributed by atoms with Crippen LogP contribution in [0.4, 0.5) is 0 Å². The summed E-state index contributed by atoms with van der Waals surface area (Å²) >= 11 is 13.9. The van der Waals surface area contributed by atoms with Gasteiger partial charge in [0.15, 0.2) is 0 Å². The predicted molar refractivity (Wildman–Crippen MR) is 154 cm³/mol. The van der Waals surface area contributed by atoms with Gasteiger partial charge < -0.3 is 10.2 Å². The van der Waals surface area contributed by atoms with Gasteiger partial charge in [-0.15, -0.1) is 11.8 Å². The van der Waals surface area contributed by atoms with Crippen molar-refractivity contribution in [3.8, 4) is 0 Å². The van der Waals surface area contributed by atoms with Crippen molar-refractivity contribution < 1.29 is 9.59 Å². The predicted octanol–water partition coefficient (Wildman–Crippen LogP) is 6.93. The van der Waals surface area contributed by atoms with Crippen LogP contribution in [0.25, 0.3) is 0 Å². The molecule has 0 radical (unpaired) electrons. The van der Waals surface area contributed by atoms with E-state index in [-0.39, 0.29) is 23.6 Å². The lowest BCUT2D eigenvalue weighted by Gasteiger charge is -2.32. The fourth-order valence-electron chi connectivity index (χ4n) is 4.65. The highest BCUT2D eigenvalue weighted by Gasteiger charge is 2.32. The lowest BCUT2D eigenvalue weighted by atomic mass is 10.0.